The van der Waals surface area contributed by atoms with Crippen LogP contribution in [0.15, 0.2) is 18.2 Å². The minimum absolute atomic E-state index is 0.0525. The maximum atomic E-state index is 12.8. The summed E-state index contributed by atoms with van der Waals surface area (Å²) in [5, 5.41) is 2.50. The molecule has 0 unspecified atom stereocenters. The van der Waals surface area contributed by atoms with E-state index in [0.717, 1.165) is 0 Å². The average molecular weight is 385 g/mol. The molecule has 0 saturated heterocycles. The molecule has 1 amide bonds. The third-order valence-electron chi connectivity index (χ3n) is 2.31. The second kappa shape index (κ2) is 6.46. The van der Waals surface area contributed by atoms with Crippen molar-refractivity contribution in [3.05, 3.63) is 33.1 Å². The Morgan fingerprint density at radius 2 is 2.11 bits per heavy atom. The van der Waals surface area contributed by atoms with E-state index < -0.39 is 21.6 Å². The van der Waals surface area contributed by atoms with E-state index in [1.54, 1.807) is 6.92 Å². The van der Waals surface area contributed by atoms with Crippen molar-refractivity contribution in [3.63, 3.8) is 0 Å². The van der Waals surface area contributed by atoms with E-state index in [-0.39, 0.29) is 18.1 Å². The fourth-order valence-electron chi connectivity index (χ4n) is 1.23. The molecule has 1 rings (SSSR count). The highest BCUT2D eigenvalue weighted by Gasteiger charge is 2.12. The van der Waals surface area contributed by atoms with Gasteiger partial charge in [0.25, 0.3) is 5.91 Å². The highest BCUT2D eigenvalue weighted by molar-refractivity contribution is 14.1. The lowest BCUT2D eigenvalue weighted by atomic mass is 10.2. The lowest BCUT2D eigenvalue weighted by Crippen LogP contribution is -2.30. The molecule has 18 heavy (non-hydrogen) atoms. The molecule has 0 aliphatic heterocycles. The number of benzene rings is 1. The molecule has 0 aromatic heterocycles. The summed E-state index contributed by atoms with van der Waals surface area (Å²) in [4.78, 5) is 11.7. The van der Waals surface area contributed by atoms with E-state index in [2.05, 4.69) is 5.32 Å². The number of hydrogen-bond acceptors (Lipinski definition) is 3. The van der Waals surface area contributed by atoms with E-state index in [1.807, 2.05) is 22.6 Å². The first kappa shape index (κ1) is 15.4. The molecule has 0 saturated carbocycles. The molecular weight excluding hydrogens is 372 g/mol. The van der Waals surface area contributed by atoms with Crippen LogP contribution in [-0.2, 0) is 9.84 Å². The van der Waals surface area contributed by atoms with Crippen molar-refractivity contribution < 1.29 is 17.6 Å². The van der Waals surface area contributed by atoms with Gasteiger partial charge in [-0.25, -0.2) is 12.8 Å². The molecule has 1 aromatic carbocycles. The fraction of sp³-hybridized carbons (Fsp3) is 0.364. The molecule has 1 aromatic rings. The smallest absolute Gasteiger partial charge is 0.252 e. The summed E-state index contributed by atoms with van der Waals surface area (Å²) >= 11 is 1.86. The van der Waals surface area contributed by atoms with Crippen molar-refractivity contribution in [3.8, 4) is 0 Å². The first-order valence-corrected chi connectivity index (χ1v) is 8.19. The highest BCUT2D eigenvalue weighted by atomic mass is 127. The average Bonchev–Trinajstić information content (AvgIpc) is 2.28. The number of carbonyl (C=O) groups excluding carboxylic acids is 1. The second-order valence-electron chi connectivity index (χ2n) is 3.62. The predicted octanol–water partition coefficient (Wildman–Crippen LogP) is 1.59. The summed E-state index contributed by atoms with van der Waals surface area (Å²) in [7, 11) is -3.09. The fourth-order valence-corrected chi connectivity index (χ4v) is 2.66. The number of rotatable bonds is 5. The van der Waals surface area contributed by atoms with Crippen LogP contribution in [0.3, 0.4) is 0 Å². The van der Waals surface area contributed by atoms with Crippen LogP contribution >= 0.6 is 22.6 Å². The van der Waals surface area contributed by atoms with Gasteiger partial charge >= 0.3 is 0 Å². The summed E-state index contributed by atoms with van der Waals surface area (Å²) in [5.74, 6) is -0.848. The quantitative estimate of drug-likeness (QED) is 0.784. The van der Waals surface area contributed by atoms with Crippen molar-refractivity contribution >= 4 is 38.3 Å². The van der Waals surface area contributed by atoms with E-state index in [1.165, 1.54) is 18.2 Å². The van der Waals surface area contributed by atoms with Crippen LogP contribution in [0.2, 0.25) is 0 Å². The summed E-state index contributed by atoms with van der Waals surface area (Å²) in [6.07, 6.45) is 0. The Morgan fingerprint density at radius 3 is 2.67 bits per heavy atom. The third-order valence-corrected chi connectivity index (χ3v) is 4.91. The molecule has 100 valence electrons. The van der Waals surface area contributed by atoms with Crippen LogP contribution < -0.4 is 5.32 Å². The Labute approximate surface area is 119 Å². The molecule has 0 bridgehead atoms. The molecule has 0 aliphatic carbocycles. The lowest BCUT2D eigenvalue weighted by molar-refractivity contribution is 0.0955. The number of sulfone groups is 1. The second-order valence-corrected chi connectivity index (χ2v) is 7.25. The number of halogens is 2. The van der Waals surface area contributed by atoms with Gasteiger partial charge in [-0.1, -0.05) is 6.92 Å². The largest absolute Gasteiger partial charge is 0.351 e. The normalized spacial score (nSPS) is 11.3. The van der Waals surface area contributed by atoms with Gasteiger partial charge in [-0.3, -0.25) is 4.79 Å². The van der Waals surface area contributed by atoms with Gasteiger partial charge in [-0.15, -0.1) is 0 Å². The van der Waals surface area contributed by atoms with Crippen LogP contribution in [0.5, 0.6) is 0 Å². The standard InChI is InChI=1S/C11H13FINO3S/c1-2-18(16,17)6-5-14-11(15)9-4-3-8(12)7-10(9)13/h3-4,7H,2,5-6H2,1H3,(H,14,15). The first-order chi connectivity index (χ1) is 8.35. The van der Waals surface area contributed by atoms with Gasteiger partial charge in [0.15, 0.2) is 9.84 Å². The third kappa shape index (κ3) is 4.52. The van der Waals surface area contributed by atoms with Crippen LogP contribution in [0, 0.1) is 9.39 Å². The van der Waals surface area contributed by atoms with Crippen LogP contribution in [-0.4, -0.2) is 32.4 Å². The van der Waals surface area contributed by atoms with Gasteiger partial charge < -0.3 is 5.32 Å². The molecule has 0 radical (unpaired) electrons. The van der Waals surface area contributed by atoms with Crippen molar-refractivity contribution in [2.45, 2.75) is 6.92 Å². The zero-order chi connectivity index (χ0) is 13.8. The Hall–Kier alpha value is -0.700. The van der Waals surface area contributed by atoms with Crippen molar-refractivity contribution in [2.75, 3.05) is 18.1 Å². The SMILES string of the molecule is CCS(=O)(=O)CCNC(=O)c1ccc(F)cc1I. The van der Waals surface area contributed by atoms with Crippen LogP contribution in [0.4, 0.5) is 4.39 Å². The molecule has 4 nitrogen and oxygen atoms in total. The van der Waals surface area contributed by atoms with E-state index in [0.29, 0.717) is 9.13 Å². The van der Waals surface area contributed by atoms with Crippen molar-refractivity contribution in [1.82, 2.24) is 5.32 Å². The Balaban J connectivity index is 2.61. The zero-order valence-electron chi connectivity index (χ0n) is 9.74. The molecule has 1 N–H and O–H groups in total. The molecule has 0 atom stereocenters. The molecule has 0 fully saturated rings. The molecule has 7 heteroatoms. The monoisotopic (exact) mass is 385 g/mol. The summed E-state index contributed by atoms with van der Waals surface area (Å²) < 4.78 is 35.8. The zero-order valence-corrected chi connectivity index (χ0v) is 12.7. The van der Waals surface area contributed by atoms with Crippen molar-refractivity contribution in [1.29, 1.82) is 0 Å². The lowest BCUT2D eigenvalue weighted by Gasteiger charge is -2.07. The maximum absolute atomic E-state index is 12.8. The Bertz CT molecular complexity index is 545. The van der Waals surface area contributed by atoms with Gasteiger partial charge in [0, 0.05) is 15.9 Å². The maximum Gasteiger partial charge on any atom is 0.252 e. The van der Waals surface area contributed by atoms with Gasteiger partial charge in [0.1, 0.15) is 5.82 Å². The van der Waals surface area contributed by atoms with E-state index in [4.69, 9.17) is 0 Å². The Kier molecular flexibility index (Phi) is 5.51. The minimum Gasteiger partial charge on any atom is -0.351 e. The van der Waals surface area contributed by atoms with Gasteiger partial charge in [0.05, 0.1) is 11.3 Å². The van der Waals surface area contributed by atoms with Gasteiger partial charge in [-0.2, -0.15) is 0 Å². The van der Waals surface area contributed by atoms with Gasteiger partial charge in [0.2, 0.25) is 0 Å². The predicted molar refractivity (Wildman–Crippen MR) is 75.8 cm³/mol. The Morgan fingerprint density at radius 1 is 1.44 bits per heavy atom. The van der Waals surface area contributed by atoms with Crippen LogP contribution in [0.1, 0.15) is 17.3 Å². The van der Waals surface area contributed by atoms with Crippen LogP contribution in [0.25, 0.3) is 0 Å². The summed E-state index contributed by atoms with van der Waals surface area (Å²) in [5.41, 5.74) is 0.339. The number of hydrogen-bond donors (Lipinski definition) is 1. The number of amides is 1. The van der Waals surface area contributed by atoms with E-state index >= 15 is 0 Å². The summed E-state index contributed by atoms with van der Waals surface area (Å²) in [6, 6.07) is 3.82. The minimum atomic E-state index is -3.09. The first-order valence-electron chi connectivity index (χ1n) is 5.29. The summed E-state index contributed by atoms with van der Waals surface area (Å²) in [6.45, 7) is 1.61. The highest BCUT2D eigenvalue weighted by Crippen LogP contribution is 2.13. The van der Waals surface area contributed by atoms with Crippen molar-refractivity contribution in [2.24, 2.45) is 0 Å². The number of nitrogens with one attached hydrogen (secondary N) is 1. The topological polar surface area (TPSA) is 63.2 Å². The molecule has 0 spiro atoms. The molecular formula is C11H13FINO3S. The number of carbonyl (C=O) groups is 1. The van der Waals surface area contributed by atoms with Gasteiger partial charge in [-0.05, 0) is 40.8 Å². The van der Waals surface area contributed by atoms with E-state index in [9.17, 15) is 17.6 Å². The molecule has 0 aliphatic rings. The molecule has 0 heterocycles.